The lowest BCUT2D eigenvalue weighted by Gasteiger charge is -2.22. The van der Waals surface area contributed by atoms with E-state index in [1.54, 1.807) is 6.92 Å². The molecule has 0 radical (unpaired) electrons. The number of carboxylic acid groups (broad SMARTS) is 1. The summed E-state index contributed by atoms with van der Waals surface area (Å²) in [5.74, 6) is -0.976. The molecule has 0 fully saturated rings. The highest BCUT2D eigenvalue weighted by Crippen LogP contribution is 2.18. The van der Waals surface area contributed by atoms with Crippen molar-refractivity contribution in [2.45, 2.75) is 40.2 Å². The average Bonchev–Trinajstić information content (AvgIpc) is 2.74. The van der Waals surface area contributed by atoms with Crippen LogP contribution < -0.4 is 5.32 Å². The van der Waals surface area contributed by atoms with Gasteiger partial charge in [-0.25, -0.2) is 0 Å². The summed E-state index contributed by atoms with van der Waals surface area (Å²) in [4.78, 5) is 23.2. The molecule has 1 atom stereocenters. The summed E-state index contributed by atoms with van der Waals surface area (Å²) in [7, 11) is 0. The summed E-state index contributed by atoms with van der Waals surface area (Å²) in [6.45, 7) is 8.59. The Morgan fingerprint density at radius 1 is 1.43 bits per heavy atom. The Morgan fingerprint density at radius 3 is 2.62 bits per heavy atom. The Labute approximate surface area is 124 Å². The molecule has 1 heterocycles. The van der Waals surface area contributed by atoms with Crippen LogP contribution in [0.5, 0.6) is 0 Å². The van der Waals surface area contributed by atoms with E-state index in [4.69, 9.17) is 14.3 Å². The fourth-order valence-corrected chi connectivity index (χ4v) is 1.96. The predicted molar refractivity (Wildman–Crippen MR) is 77.4 cm³/mol. The Hall–Kier alpha value is -1.82. The summed E-state index contributed by atoms with van der Waals surface area (Å²) >= 11 is 0. The quantitative estimate of drug-likeness (QED) is 0.766. The average molecular weight is 297 g/mol. The number of furan rings is 1. The minimum Gasteiger partial charge on any atom is -0.481 e. The monoisotopic (exact) mass is 297 g/mol. The van der Waals surface area contributed by atoms with Crippen LogP contribution in [0.4, 0.5) is 0 Å². The number of hydrogen-bond acceptors (Lipinski definition) is 4. The van der Waals surface area contributed by atoms with Gasteiger partial charge in [-0.05, 0) is 19.8 Å². The second kappa shape index (κ2) is 7.83. The summed E-state index contributed by atoms with van der Waals surface area (Å²) in [6, 6.07) is -0.135. The first-order valence-electron chi connectivity index (χ1n) is 7.04. The van der Waals surface area contributed by atoms with E-state index in [0.29, 0.717) is 24.3 Å². The molecule has 21 heavy (non-hydrogen) atoms. The first-order chi connectivity index (χ1) is 9.86. The van der Waals surface area contributed by atoms with Crippen molar-refractivity contribution in [2.24, 2.45) is 5.92 Å². The molecule has 0 saturated heterocycles. The van der Waals surface area contributed by atoms with Crippen molar-refractivity contribution in [3.8, 4) is 0 Å². The highest BCUT2D eigenvalue weighted by molar-refractivity contribution is 5.97. The highest BCUT2D eigenvalue weighted by Gasteiger charge is 2.24. The van der Waals surface area contributed by atoms with Crippen molar-refractivity contribution in [2.75, 3.05) is 13.2 Å². The van der Waals surface area contributed by atoms with Crippen LogP contribution in [-0.2, 0) is 16.0 Å². The number of hydrogen-bond donors (Lipinski definition) is 2. The maximum Gasteiger partial charge on any atom is 0.311 e. The highest BCUT2D eigenvalue weighted by atomic mass is 16.5. The predicted octanol–water partition coefficient (Wildman–Crippen LogP) is 2.01. The van der Waals surface area contributed by atoms with Gasteiger partial charge in [0.05, 0.1) is 24.5 Å². The van der Waals surface area contributed by atoms with E-state index in [1.165, 1.54) is 6.26 Å². The zero-order chi connectivity index (χ0) is 16.0. The Kier molecular flexibility index (Phi) is 6.42. The number of ether oxygens (including phenoxy) is 1. The number of carbonyl (C=O) groups is 2. The van der Waals surface area contributed by atoms with Crippen LogP contribution in [0.2, 0.25) is 0 Å². The van der Waals surface area contributed by atoms with E-state index in [-0.39, 0.29) is 30.0 Å². The Bertz CT molecular complexity index is 492. The molecule has 2 N–H and O–H groups in total. The normalized spacial score (nSPS) is 12.4. The van der Waals surface area contributed by atoms with Gasteiger partial charge in [-0.2, -0.15) is 0 Å². The van der Waals surface area contributed by atoms with Gasteiger partial charge in [0, 0.05) is 12.2 Å². The van der Waals surface area contributed by atoms with Crippen LogP contribution in [0, 0.1) is 12.8 Å². The molecular weight excluding hydrogens is 274 g/mol. The van der Waals surface area contributed by atoms with Gasteiger partial charge in [0.1, 0.15) is 12.2 Å². The second-order valence-electron chi connectivity index (χ2n) is 5.27. The first kappa shape index (κ1) is 17.2. The minimum absolute atomic E-state index is 0.135. The molecule has 0 spiro atoms. The van der Waals surface area contributed by atoms with Crippen molar-refractivity contribution in [3.05, 3.63) is 23.2 Å². The molecule has 0 aliphatic carbocycles. The summed E-state index contributed by atoms with van der Waals surface area (Å²) in [5, 5.41) is 11.7. The molecule has 1 aromatic rings. The zero-order valence-corrected chi connectivity index (χ0v) is 12.9. The molecule has 0 aliphatic rings. The van der Waals surface area contributed by atoms with Crippen molar-refractivity contribution in [1.29, 1.82) is 0 Å². The zero-order valence-electron chi connectivity index (χ0n) is 12.9. The molecule has 0 aromatic carbocycles. The molecule has 1 rings (SSSR count). The summed E-state index contributed by atoms with van der Waals surface area (Å²) < 4.78 is 10.5. The lowest BCUT2D eigenvalue weighted by atomic mass is 10.0. The maximum absolute atomic E-state index is 12.4. The third-order valence-corrected chi connectivity index (χ3v) is 3.21. The van der Waals surface area contributed by atoms with Crippen LogP contribution in [0.1, 0.15) is 42.5 Å². The van der Waals surface area contributed by atoms with Gasteiger partial charge in [0.2, 0.25) is 0 Å². The minimum atomic E-state index is -1.03. The van der Waals surface area contributed by atoms with Crippen LogP contribution in [0.15, 0.2) is 10.7 Å². The molecule has 1 unspecified atom stereocenters. The van der Waals surface area contributed by atoms with Crippen LogP contribution in [0.3, 0.4) is 0 Å². The second-order valence-corrected chi connectivity index (χ2v) is 5.27. The van der Waals surface area contributed by atoms with Gasteiger partial charge in [0.25, 0.3) is 5.91 Å². The Balaban J connectivity index is 2.86. The molecule has 6 nitrogen and oxygen atoms in total. The van der Waals surface area contributed by atoms with Crippen molar-refractivity contribution >= 4 is 11.9 Å². The number of nitrogens with one attached hydrogen (secondary N) is 1. The first-order valence-corrected chi connectivity index (χ1v) is 7.04. The number of carbonyl (C=O) groups excluding carboxylic acids is 1. The van der Waals surface area contributed by atoms with Gasteiger partial charge < -0.3 is 19.6 Å². The SMILES string of the molecule is CCOCC(NC(=O)c1c(C)coc1CC(=O)O)C(C)C. The summed E-state index contributed by atoms with van der Waals surface area (Å²) in [5.41, 5.74) is 0.933. The van der Waals surface area contributed by atoms with Crippen LogP contribution in [-0.4, -0.2) is 36.2 Å². The van der Waals surface area contributed by atoms with Crippen molar-refractivity contribution in [1.82, 2.24) is 5.32 Å². The molecule has 0 aliphatic heterocycles. The van der Waals surface area contributed by atoms with Gasteiger partial charge >= 0.3 is 5.97 Å². The third-order valence-electron chi connectivity index (χ3n) is 3.21. The van der Waals surface area contributed by atoms with E-state index >= 15 is 0 Å². The lowest BCUT2D eigenvalue weighted by Crippen LogP contribution is -2.42. The molecule has 0 bridgehead atoms. The number of aryl methyl sites for hydroxylation is 1. The van der Waals surface area contributed by atoms with Gasteiger partial charge in [-0.3, -0.25) is 9.59 Å². The van der Waals surface area contributed by atoms with E-state index in [2.05, 4.69) is 5.32 Å². The van der Waals surface area contributed by atoms with E-state index in [9.17, 15) is 9.59 Å². The van der Waals surface area contributed by atoms with Crippen LogP contribution >= 0.6 is 0 Å². The number of amides is 1. The molecule has 1 aromatic heterocycles. The maximum atomic E-state index is 12.4. The van der Waals surface area contributed by atoms with E-state index < -0.39 is 5.97 Å². The van der Waals surface area contributed by atoms with Crippen molar-refractivity contribution < 1.29 is 23.8 Å². The van der Waals surface area contributed by atoms with Gasteiger partial charge in [-0.15, -0.1) is 0 Å². The lowest BCUT2D eigenvalue weighted by molar-refractivity contribution is -0.136. The third kappa shape index (κ3) is 4.90. The number of rotatable bonds is 8. The molecule has 0 saturated carbocycles. The fraction of sp³-hybridized carbons (Fsp3) is 0.600. The fourth-order valence-electron chi connectivity index (χ4n) is 1.96. The van der Waals surface area contributed by atoms with Gasteiger partial charge in [-0.1, -0.05) is 13.8 Å². The largest absolute Gasteiger partial charge is 0.481 e. The molecule has 1 amide bonds. The van der Waals surface area contributed by atoms with E-state index in [0.717, 1.165) is 0 Å². The standard InChI is InChI=1S/C15H23NO5/c1-5-20-8-11(9(2)3)16-15(19)14-10(4)7-21-12(14)6-13(17)18/h7,9,11H,5-6,8H2,1-4H3,(H,16,19)(H,17,18). The van der Waals surface area contributed by atoms with Crippen molar-refractivity contribution in [3.63, 3.8) is 0 Å². The number of carboxylic acids is 1. The van der Waals surface area contributed by atoms with E-state index in [1.807, 2.05) is 20.8 Å². The van der Waals surface area contributed by atoms with Crippen LogP contribution in [0.25, 0.3) is 0 Å². The smallest absolute Gasteiger partial charge is 0.311 e. The molecule has 6 heteroatoms. The molecular formula is C15H23NO5. The topological polar surface area (TPSA) is 88.8 Å². The molecule has 118 valence electrons. The number of aliphatic carboxylic acids is 1. The Morgan fingerprint density at radius 2 is 2.10 bits per heavy atom. The van der Waals surface area contributed by atoms with Gasteiger partial charge in [0.15, 0.2) is 0 Å². The summed E-state index contributed by atoms with van der Waals surface area (Å²) in [6.07, 6.45) is 1.09.